The van der Waals surface area contributed by atoms with Crippen molar-refractivity contribution in [3.8, 4) is 0 Å². The molecule has 2 heterocycles. The van der Waals surface area contributed by atoms with Crippen molar-refractivity contribution in [1.82, 2.24) is 15.3 Å². The molecule has 1 aliphatic rings. The highest BCUT2D eigenvalue weighted by atomic mass is 35.5. The number of halogens is 1. The molecule has 0 radical (unpaired) electrons. The van der Waals surface area contributed by atoms with Gasteiger partial charge in [0.1, 0.15) is 0 Å². The topological polar surface area (TPSA) is 37.8 Å². The van der Waals surface area contributed by atoms with Gasteiger partial charge in [0.2, 0.25) is 0 Å². The second kappa shape index (κ2) is 7.09. The van der Waals surface area contributed by atoms with Gasteiger partial charge in [-0.15, -0.1) is 12.4 Å². The van der Waals surface area contributed by atoms with Crippen molar-refractivity contribution in [2.75, 3.05) is 18.8 Å². The van der Waals surface area contributed by atoms with Crippen LogP contribution in [0.5, 0.6) is 0 Å². The van der Waals surface area contributed by atoms with Crippen LogP contribution in [-0.2, 0) is 0 Å². The summed E-state index contributed by atoms with van der Waals surface area (Å²) in [6.45, 7) is 4.34. The standard InChI is InChI=1S/C11H17N3S.ClH/c1-9-4-6-13-11(14-9)15-8-10-3-2-5-12-7-10;/h4,6,10,12H,2-3,5,7-8H2,1H3;1H. The Balaban J connectivity index is 0.00000128. The molecule has 1 aliphatic heterocycles. The number of hydrogen-bond donors (Lipinski definition) is 1. The molecule has 1 saturated heterocycles. The Morgan fingerprint density at radius 2 is 2.44 bits per heavy atom. The van der Waals surface area contributed by atoms with Gasteiger partial charge in [-0.05, 0) is 44.8 Å². The Morgan fingerprint density at radius 1 is 1.56 bits per heavy atom. The first-order chi connectivity index (χ1) is 7.34. The smallest absolute Gasteiger partial charge is 0.187 e. The highest BCUT2D eigenvalue weighted by Gasteiger charge is 2.13. The molecule has 1 atom stereocenters. The van der Waals surface area contributed by atoms with Crippen molar-refractivity contribution in [3.63, 3.8) is 0 Å². The largest absolute Gasteiger partial charge is 0.316 e. The molecule has 5 heteroatoms. The van der Waals surface area contributed by atoms with Gasteiger partial charge < -0.3 is 5.32 Å². The summed E-state index contributed by atoms with van der Waals surface area (Å²) in [4.78, 5) is 8.64. The summed E-state index contributed by atoms with van der Waals surface area (Å²) in [5.41, 5.74) is 1.05. The van der Waals surface area contributed by atoms with Gasteiger partial charge in [-0.1, -0.05) is 11.8 Å². The quantitative estimate of drug-likeness (QED) is 0.668. The number of nitrogens with zero attached hydrogens (tertiary/aromatic N) is 2. The summed E-state index contributed by atoms with van der Waals surface area (Å²) in [7, 11) is 0. The highest BCUT2D eigenvalue weighted by Crippen LogP contribution is 2.20. The molecule has 0 saturated carbocycles. The van der Waals surface area contributed by atoms with Gasteiger partial charge in [-0.2, -0.15) is 0 Å². The lowest BCUT2D eigenvalue weighted by molar-refractivity contribution is 0.410. The van der Waals surface area contributed by atoms with Gasteiger partial charge in [-0.3, -0.25) is 0 Å². The van der Waals surface area contributed by atoms with Crippen molar-refractivity contribution in [3.05, 3.63) is 18.0 Å². The Morgan fingerprint density at radius 3 is 3.12 bits per heavy atom. The van der Waals surface area contributed by atoms with E-state index in [0.29, 0.717) is 0 Å². The van der Waals surface area contributed by atoms with E-state index in [1.165, 1.54) is 19.4 Å². The maximum atomic E-state index is 4.39. The van der Waals surface area contributed by atoms with E-state index < -0.39 is 0 Å². The third-order valence-corrected chi connectivity index (χ3v) is 3.71. The van der Waals surface area contributed by atoms with Crippen LogP contribution in [0, 0.1) is 12.8 Å². The van der Waals surface area contributed by atoms with E-state index in [9.17, 15) is 0 Å². The van der Waals surface area contributed by atoms with Crippen molar-refractivity contribution >= 4 is 24.2 Å². The summed E-state index contributed by atoms with van der Waals surface area (Å²) in [5, 5.41) is 4.35. The number of thioether (sulfide) groups is 1. The minimum Gasteiger partial charge on any atom is -0.316 e. The zero-order valence-corrected chi connectivity index (χ0v) is 11.1. The molecule has 1 N–H and O–H groups in total. The first kappa shape index (κ1) is 13.7. The second-order valence-corrected chi connectivity index (χ2v) is 4.99. The molecule has 0 spiro atoms. The Labute approximate surface area is 107 Å². The van der Waals surface area contributed by atoms with E-state index in [4.69, 9.17) is 0 Å². The van der Waals surface area contributed by atoms with E-state index in [-0.39, 0.29) is 12.4 Å². The van der Waals surface area contributed by atoms with Gasteiger partial charge in [-0.25, -0.2) is 9.97 Å². The van der Waals surface area contributed by atoms with Gasteiger partial charge in [0.05, 0.1) is 0 Å². The van der Waals surface area contributed by atoms with Gasteiger partial charge in [0.25, 0.3) is 0 Å². The lowest BCUT2D eigenvalue weighted by atomic mass is 10.0. The molecule has 1 unspecified atom stereocenters. The molecule has 1 aromatic heterocycles. The SMILES string of the molecule is Cc1ccnc(SCC2CCCNC2)n1.Cl. The molecule has 16 heavy (non-hydrogen) atoms. The molecule has 90 valence electrons. The van der Waals surface area contributed by atoms with Crippen LogP contribution >= 0.6 is 24.2 Å². The van der Waals surface area contributed by atoms with Gasteiger partial charge in [0.15, 0.2) is 5.16 Å². The number of nitrogens with one attached hydrogen (secondary N) is 1. The van der Waals surface area contributed by atoms with E-state index in [2.05, 4.69) is 15.3 Å². The highest BCUT2D eigenvalue weighted by molar-refractivity contribution is 7.99. The van der Waals surface area contributed by atoms with Crippen LogP contribution in [-0.4, -0.2) is 28.8 Å². The Kier molecular flexibility index (Phi) is 6.09. The van der Waals surface area contributed by atoms with Crippen LogP contribution in [0.2, 0.25) is 0 Å². The molecule has 0 aromatic carbocycles. The summed E-state index contributed by atoms with van der Waals surface area (Å²) in [6.07, 6.45) is 4.48. The average molecular weight is 260 g/mol. The van der Waals surface area contributed by atoms with Crippen LogP contribution in [0.1, 0.15) is 18.5 Å². The Bertz CT molecular complexity index is 316. The zero-order chi connectivity index (χ0) is 10.5. The maximum Gasteiger partial charge on any atom is 0.187 e. The zero-order valence-electron chi connectivity index (χ0n) is 9.48. The molecule has 1 aromatic rings. The average Bonchev–Trinajstić information content (AvgIpc) is 2.28. The summed E-state index contributed by atoms with van der Waals surface area (Å²) in [5.74, 6) is 1.92. The minimum atomic E-state index is 0. The molecule has 3 nitrogen and oxygen atoms in total. The van der Waals surface area contributed by atoms with Gasteiger partial charge in [0, 0.05) is 17.6 Å². The van der Waals surface area contributed by atoms with E-state index in [1.54, 1.807) is 11.8 Å². The number of piperidine rings is 1. The lowest BCUT2D eigenvalue weighted by Gasteiger charge is -2.21. The van der Waals surface area contributed by atoms with Crippen LogP contribution in [0.4, 0.5) is 0 Å². The minimum absolute atomic E-state index is 0. The molecule has 0 bridgehead atoms. The fourth-order valence-corrected chi connectivity index (χ4v) is 2.77. The number of hydrogen-bond acceptors (Lipinski definition) is 4. The maximum absolute atomic E-state index is 4.39. The molecule has 0 amide bonds. The molecule has 1 fully saturated rings. The second-order valence-electron chi connectivity index (χ2n) is 4.00. The summed E-state index contributed by atoms with van der Waals surface area (Å²) < 4.78 is 0. The van der Waals surface area contributed by atoms with Crippen LogP contribution in [0.15, 0.2) is 17.4 Å². The summed E-state index contributed by atoms with van der Waals surface area (Å²) in [6, 6.07) is 1.94. The van der Waals surface area contributed by atoms with E-state index in [0.717, 1.165) is 29.1 Å². The van der Waals surface area contributed by atoms with Crippen molar-refractivity contribution in [1.29, 1.82) is 0 Å². The van der Waals surface area contributed by atoms with Crippen LogP contribution in [0.3, 0.4) is 0 Å². The first-order valence-corrected chi connectivity index (χ1v) is 6.46. The normalized spacial score (nSPS) is 20.2. The predicted molar refractivity (Wildman–Crippen MR) is 70.3 cm³/mol. The molecular formula is C11H18ClN3S. The Hall–Kier alpha value is -0.320. The van der Waals surface area contributed by atoms with Gasteiger partial charge >= 0.3 is 0 Å². The third-order valence-electron chi connectivity index (χ3n) is 2.62. The molecule has 2 rings (SSSR count). The molecule has 0 aliphatic carbocycles. The lowest BCUT2D eigenvalue weighted by Crippen LogP contribution is -2.30. The first-order valence-electron chi connectivity index (χ1n) is 5.48. The van der Waals surface area contributed by atoms with Crippen LogP contribution < -0.4 is 5.32 Å². The van der Waals surface area contributed by atoms with E-state index >= 15 is 0 Å². The predicted octanol–water partition coefficient (Wildman–Crippen LogP) is 2.30. The van der Waals surface area contributed by atoms with E-state index in [1.807, 2.05) is 19.2 Å². The number of aryl methyl sites for hydroxylation is 1. The number of rotatable bonds is 3. The summed E-state index contributed by atoms with van der Waals surface area (Å²) >= 11 is 1.78. The van der Waals surface area contributed by atoms with Crippen molar-refractivity contribution in [2.45, 2.75) is 24.9 Å². The molecular weight excluding hydrogens is 242 g/mol. The van der Waals surface area contributed by atoms with Crippen molar-refractivity contribution in [2.24, 2.45) is 5.92 Å². The monoisotopic (exact) mass is 259 g/mol. The fourth-order valence-electron chi connectivity index (χ4n) is 1.75. The van der Waals surface area contributed by atoms with Crippen molar-refractivity contribution < 1.29 is 0 Å². The fraction of sp³-hybridized carbons (Fsp3) is 0.636. The number of aromatic nitrogens is 2. The third kappa shape index (κ3) is 4.28. The van der Waals surface area contributed by atoms with Crippen LogP contribution in [0.25, 0.3) is 0 Å².